The molecule has 0 N–H and O–H groups in total. The number of ketones is 1. The number of fused-ring (bicyclic) bond motifs is 1. The fourth-order valence-corrected chi connectivity index (χ4v) is 2.45. The van der Waals surface area contributed by atoms with Crippen LogP contribution < -0.4 is 4.74 Å². The SMILES string of the molecule is COc1ccccc1CC(=O)c1cccc2cccnc12. The monoisotopic (exact) mass is 277 g/mol. The van der Waals surface area contributed by atoms with Crippen molar-refractivity contribution < 1.29 is 9.53 Å². The second-order valence-corrected chi connectivity index (χ2v) is 4.79. The number of nitrogens with zero attached hydrogens (tertiary/aromatic N) is 1. The topological polar surface area (TPSA) is 39.2 Å². The summed E-state index contributed by atoms with van der Waals surface area (Å²) in [4.78, 5) is 16.9. The van der Waals surface area contributed by atoms with Gasteiger partial charge in [-0.1, -0.05) is 36.4 Å². The molecule has 0 atom stereocenters. The molecular formula is C18H15NO2. The molecule has 0 aliphatic rings. The highest BCUT2D eigenvalue weighted by Gasteiger charge is 2.13. The smallest absolute Gasteiger partial charge is 0.169 e. The van der Waals surface area contributed by atoms with E-state index in [4.69, 9.17) is 4.74 Å². The maximum Gasteiger partial charge on any atom is 0.169 e. The van der Waals surface area contributed by atoms with Crippen molar-refractivity contribution in [3.63, 3.8) is 0 Å². The minimum absolute atomic E-state index is 0.0452. The summed E-state index contributed by atoms with van der Waals surface area (Å²) in [5.41, 5.74) is 2.29. The Morgan fingerprint density at radius 1 is 1.05 bits per heavy atom. The third-order valence-corrected chi connectivity index (χ3v) is 3.48. The van der Waals surface area contributed by atoms with Gasteiger partial charge < -0.3 is 4.74 Å². The number of ether oxygens (including phenoxy) is 1. The summed E-state index contributed by atoms with van der Waals surface area (Å²) in [7, 11) is 1.61. The predicted octanol–water partition coefficient (Wildman–Crippen LogP) is 3.67. The summed E-state index contributed by atoms with van der Waals surface area (Å²) in [6, 6.07) is 17.1. The van der Waals surface area contributed by atoms with Crippen molar-refractivity contribution in [2.75, 3.05) is 7.11 Å². The molecule has 0 saturated carbocycles. The minimum atomic E-state index is 0.0452. The quantitative estimate of drug-likeness (QED) is 0.683. The molecule has 104 valence electrons. The lowest BCUT2D eigenvalue weighted by molar-refractivity contribution is 0.0993. The van der Waals surface area contributed by atoms with Gasteiger partial charge in [0.05, 0.1) is 12.6 Å². The molecule has 0 unspecified atom stereocenters. The molecule has 21 heavy (non-hydrogen) atoms. The Hall–Kier alpha value is -2.68. The molecule has 3 rings (SSSR count). The van der Waals surface area contributed by atoms with E-state index in [9.17, 15) is 4.79 Å². The summed E-state index contributed by atoms with van der Waals surface area (Å²) >= 11 is 0. The summed E-state index contributed by atoms with van der Waals surface area (Å²) in [6.07, 6.45) is 2.02. The molecule has 1 heterocycles. The van der Waals surface area contributed by atoms with Gasteiger partial charge in [-0.3, -0.25) is 9.78 Å². The van der Waals surface area contributed by atoms with Crippen molar-refractivity contribution in [3.8, 4) is 5.75 Å². The average Bonchev–Trinajstić information content (AvgIpc) is 2.54. The van der Waals surface area contributed by atoms with E-state index in [2.05, 4.69) is 4.98 Å². The Morgan fingerprint density at radius 2 is 1.86 bits per heavy atom. The van der Waals surface area contributed by atoms with Crippen LogP contribution in [0.15, 0.2) is 60.8 Å². The summed E-state index contributed by atoms with van der Waals surface area (Å²) in [5.74, 6) is 0.780. The highest BCUT2D eigenvalue weighted by molar-refractivity contribution is 6.07. The van der Waals surface area contributed by atoms with Crippen molar-refractivity contribution in [1.29, 1.82) is 0 Å². The van der Waals surface area contributed by atoms with Crippen molar-refractivity contribution >= 4 is 16.7 Å². The van der Waals surface area contributed by atoms with E-state index in [1.165, 1.54) is 0 Å². The number of Topliss-reactive ketones (excluding diaryl/α,β-unsaturated/α-hetero) is 1. The zero-order valence-corrected chi connectivity index (χ0v) is 11.7. The van der Waals surface area contributed by atoms with Gasteiger partial charge in [0, 0.05) is 29.1 Å². The standard InChI is InChI=1S/C18H15NO2/c1-21-17-10-3-2-6-14(17)12-16(20)15-9-4-7-13-8-5-11-19-18(13)15/h2-11H,12H2,1H3. The normalized spacial score (nSPS) is 10.5. The van der Waals surface area contributed by atoms with Crippen LogP contribution in [-0.4, -0.2) is 17.9 Å². The van der Waals surface area contributed by atoms with Gasteiger partial charge >= 0.3 is 0 Å². The van der Waals surface area contributed by atoms with Crippen molar-refractivity contribution in [1.82, 2.24) is 4.98 Å². The average molecular weight is 277 g/mol. The number of pyridine rings is 1. The van der Waals surface area contributed by atoms with Crippen LogP contribution in [0.25, 0.3) is 10.9 Å². The number of para-hydroxylation sites is 2. The highest BCUT2D eigenvalue weighted by Crippen LogP contribution is 2.22. The first-order valence-corrected chi connectivity index (χ1v) is 6.78. The Kier molecular flexibility index (Phi) is 3.65. The number of hydrogen-bond acceptors (Lipinski definition) is 3. The lowest BCUT2D eigenvalue weighted by Crippen LogP contribution is -2.06. The molecule has 0 amide bonds. The lowest BCUT2D eigenvalue weighted by atomic mass is 10.00. The van der Waals surface area contributed by atoms with Crippen molar-refractivity contribution in [2.24, 2.45) is 0 Å². The summed E-state index contributed by atoms with van der Waals surface area (Å²) in [5, 5.41) is 0.975. The Morgan fingerprint density at radius 3 is 2.71 bits per heavy atom. The van der Waals surface area contributed by atoms with Gasteiger partial charge in [-0.25, -0.2) is 0 Å². The predicted molar refractivity (Wildman–Crippen MR) is 82.8 cm³/mol. The molecule has 3 nitrogen and oxygen atoms in total. The largest absolute Gasteiger partial charge is 0.496 e. The van der Waals surface area contributed by atoms with Gasteiger partial charge in [0.2, 0.25) is 0 Å². The Balaban J connectivity index is 1.98. The van der Waals surface area contributed by atoms with Gasteiger partial charge in [0.1, 0.15) is 5.75 Å². The van der Waals surface area contributed by atoms with Crippen LogP contribution in [0.4, 0.5) is 0 Å². The van der Waals surface area contributed by atoms with Crippen molar-refractivity contribution in [3.05, 3.63) is 71.9 Å². The molecule has 0 radical (unpaired) electrons. The molecule has 3 aromatic rings. The maximum atomic E-state index is 12.6. The molecule has 2 aromatic carbocycles. The van der Waals surface area contributed by atoms with Gasteiger partial charge in [-0.2, -0.15) is 0 Å². The van der Waals surface area contributed by atoms with Crippen LogP contribution in [0.1, 0.15) is 15.9 Å². The lowest BCUT2D eigenvalue weighted by Gasteiger charge is -2.08. The van der Waals surface area contributed by atoms with Crippen LogP contribution in [0, 0.1) is 0 Å². The first-order valence-electron chi connectivity index (χ1n) is 6.78. The Bertz CT molecular complexity index is 791. The number of aromatic nitrogens is 1. The van der Waals surface area contributed by atoms with Crippen LogP contribution in [0.2, 0.25) is 0 Å². The summed E-state index contributed by atoms with van der Waals surface area (Å²) < 4.78 is 5.30. The molecule has 0 aliphatic carbocycles. The van der Waals surface area contributed by atoms with Crippen LogP contribution in [0.3, 0.4) is 0 Å². The number of carbonyl (C=O) groups is 1. The van der Waals surface area contributed by atoms with E-state index in [1.807, 2.05) is 54.6 Å². The number of methoxy groups -OCH3 is 1. The number of rotatable bonds is 4. The first-order chi connectivity index (χ1) is 10.3. The van der Waals surface area contributed by atoms with Gasteiger partial charge in [-0.05, 0) is 18.2 Å². The molecule has 0 spiro atoms. The molecule has 0 aliphatic heterocycles. The first kappa shape index (κ1) is 13.3. The van der Waals surface area contributed by atoms with E-state index in [0.717, 1.165) is 22.2 Å². The van der Waals surface area contributed by atoms with Crippen LogP contribution in [-0.2, 0) is 6.42 Å². The minimum Gasteiger partial charge on any atom is -0.496 e. The number of carbonyl (C=O) groups excluding carboxylic acids is 1. The number of hydrogen-bond donors (Lipinski definition) is 0. The molecule has 0 bridgehead atoms. The van der Waals surface area contributed by atoms with Crippen LogP contribution >= 0.6 is 0 Å². The fourth-order valence-electron chi connectivity index (χ4n) is 2.45. The van der Waals surface area contributed by atoms with E-state index in [1.54, 1.807) is 13.3 Å². The second-order valence-electron chi connectivity index (χ2n) is 4.79. The van der Waals surface area contributed by atoms with E-state index in [-0.39, 0.29) is 5.78 Å². The van der Waals surface area contributed by atoms with Crippen molar-refractivity contribution in [2.45, 2.75) is 6.42 Å². The van der Waals surface area contributed by atoms with Gasteiger partial charge in [0.15, 0.2) is 5.78 Å². The molecule has 1 aromatic heterocycles. The second kappa shape index (κ2) is 5.75. The number of benzene rings is 2. The molecule has 3 heteroatoms. The van der Waals surface area contributed by atoms with Crippen LogP contribution in [0.5, 0.6) is 5.75 Å². The Labute approximate surface area is 123 Å². The van der Waals surface area contributed by atoms with Gasteiger partial charge in [0.25, 0.3) is 0 Å². The molecular weight excluding hydrogens is 262 g/mol. The van der Waals surface area contributed by atoms with E-state index >= 15 is 0 Å². The molecule has 0 fully saturated rings. The zero-order valence-electron chi connectivity index (χ0n) is 11.7. The summed E-state index contributed by atoms with van der Waals surface area (Å²) in [6.45, 7) is 0. The highest BCUT2D eigenvalue weighted by atomic mass is 16.5. The third kappa shape index (κ3) is 2.63. The molecule has 0 saturated heterocycles. The van der Waals surface area contributed by atoms with E-state index in [0.29, 0.717) is 12.0 Å². The maximum absolute atomic E-state index is 12.6. The fraction of sp³-hybridized carbons (Fsp3) is 0.111. The van der Waals surface area contributed by atoms with E-state index < -0.39 is 0 Å². The zero-order chi connectivity index (χ0) is 14.7. The third-order valence-electron chi connectivity index (χ3n) is 3.48. The van der Waals surface area contributed by atoms with Gasteiger partial charge in [-0.15, -0.1) is 0 Å².